The Labute approximate surface area is 228 Å². The third-order valence-corrected chi connectivity index (χ3v) is 8.69. The SMILES string of the molecule is COc1ccc(C)cc1NS(=O)(=O)c1ccc(NC(=O)c2ccc(C)c(S(=O)(=O)Nc3ccccc3)c2)cc1. The number of carbonyl (C=O) groups excluding carboxylic acids is 1. The van der Waals surface area contributed by atoms with Crippen LogP contribution in [0.4, 0.5) is 17.1 Å². The van der Waals surface area contributed by atoms with E-state index in [4.69, 9.17) is 4.74 Å². The Hall–Kier alpha value is -4.35. The zero-order valence-electron chi connectivity index (χ0n) is 21.4. The van der Waals surface area contributed by atoms with Crippen molar-refractivity contribution in [2.75, 3.05) is 21.9 Å². The summed E-state index contributed by atoms with van der Waals surface area (Å²) in [5, 5.41) is 2.67. The molecule has 0 aliphatic heterocycles. The summed E-state index contributed by atoms with van der Waals surface area (Å²) in [5.74, 6) is -0.170. The van der Waals surface area contributed by atoms with Crippen molar-refractivity contribution in [3.8, 4) is 5.75 Å². The van der Waals surface area contributed by atoms with E-state index in [1.54, 1.807) is 61.5 Å². The fourth-order valence-electron chi connectivity index (χ4n) is 3.77. The lowest BCUT2D eigenvalue weighted by atomic mass is 10.1. The second kappa shape index (κ2) is 11.2. The number of aryl methyl sites for hydroxylation is 2. The minimum absolute atomic E-state index is 0.0141. The van der Waals surface area contributed by atoms with E-state index < -0.39 is 26.0 Å². The van der Waals surface area contributed by atoms with E-state index in [0.29, 0.717) is 28.4 Å². The van der Waals surface area contributed by atoms with Crippen molar-refractivity contribution in [2.24, 2.45) is 0 Å². The molecule has 11 heteroatoms. The average molecular weight is 566 g/mol. The molecule has 3 N–H and O–H groups in total. The standard InChI is InChI=1S/C28H27N3O6S2/c1-19-9-16-26(37-3)25(17-19)31-38(33,34)24-14-12-22(13-15-24)29-28(32)21-11-10-20(2)27(18-21)39(35,36)30-23-7-5-4-6-8-23/h4-18,30-31H,1-3H3,(H,29,32). The lowest BCUT2D eigenvalue weighted by Crippen LogP contribution is -2.17. The molecule has 0 radical (unpaired) electrons. The van der Waals surface area contributed by atoms with E-state index in [2.05, 4.69) is 14.8 Å². The lowest BCUT2D eigenvalue weighted by Gasteiger charge is -2.13. The zero-order chi connectivity index (χ0) is 28.2. The highest BCUT2D eigenvalue weighted by atomic mass is 32.2. The average Bonchev–Trinajstić information content (AvgIpc) is 2.89. The number of sulfonamides is 2. The second-order valence-corrected chi connectivity index (χ2v) is 12.1. The van der Waals surface area contributed by atoms with E-state index in [-0.39, 0.29) is 15.4 Å². The molecule has 0 fully saturated rings. The molecule has 4 aromatic rings. The van der Waals surface area contributed by atoms with Crippen LogP contribution < -0.4 is 19.5 Å². The molecular formula is C28H27N3O6S2. The van der Waals surface area contributed by atoms with Crippen molar-refractivity contribution in [2.45, 2.75) is 23.6 Å². The van der Waals surface area contributed by atoms with Gasteiger partial charge in [-0.15, -0.1) is 0 Å². The van der Waals surface area contributed by atoms with Crippen LogP contribution >= 0.6 is 0 Å². The smallest absolute Gasteiger partial charge is 0.262 e. The van der Waals surface area contributed by atoms with Gasteiger partial charge in [0.25, 0.3) is 26.0 Å². The zero-order valence-corrected chi connectivity index (χ0v) is 23.1. The predicted molar refractivity (Wildman–Crippen MR) is 151 cm³/mol. The van der Waals surface area contributed by atoms with E-state index in [1.165, 1.54) is 43.5 Å². The van der Waals surface area contributed by atoms with Crippen molar-refractivity contribution in [3.63, 3.8) is 0 Å². The molecule has 39 heavy (non-hydrogen) atoms. The van der Waals surface area contributed by atoms with Gasteiger partial charge in [-0.3, -0.25) is 14.2 Å². The Kier molecular flexibility index (Phi) is 7.93. The van der Waals surface area contributed by atoms with E-state index in [0.717, 1.165) is 5.56 Å². The number of carbonyl (C=O) groups is 1. The first-order valence-electron chi connectivity index (χ1n) is 11.8. The number of hydrogen-bond acceptors (Lipinski definition) is 6. The highest BCUT2D eigenvalue weighted by molar-refractivity contribution is 7.93. The molecule has 0 unspecified atom stereocenters. The summed E-state index contributed by atoms with van der Waals surface area (Å²) in [6.45, 7) is 3.47. The largest absolute Gasteiger partial charge is 0.495 e. The third-order valence-electron chi connectivity index (χ3n) is 5.79. The summed E-state index contributed by atoms with van der Waals surface area (Å²) < 4.78 is 62.0. The Bertz CT molecular complexity index is 1720. The van der Waals surface area contributed by atoms with Crippen molar-refractivity contribution in [3.05, 3.63) is 108 Å². The molecule has 0 atom stereocenters. The van der Waals surface area contributed by atoms with Crippen LogP contribution in [0.15, 0.2) is 101 Å². The van der Waals surface area contributed by atoms with Crippen LogP contribution in [-0.4, -0.2) is 29.9 Å². The molecule has 0 saturated heterocycles. The van der Waals surface area contributed by atoms with Crippen LogP contribution in [-0.2, 0) is 20.0 Å². The summed E-state index contributed by atoms with van der Waals surface area (Å²) in [6, 6.07) is 23.6. The first kappa shape index (κ1) is 27.7. The Morgan fingerprint density at radius 2 is 1.41 bits per heavy atom. The van der Waals surface area contributed by atoms with Gasteiger partial charge in [0.15, 0.2) is 0 Å². The van der Waals surface area contributed by atoms with Crippen LogP contribution in [0.25, 0.3) is 0 Å². The number of ether oxygens (including phenoxy) is 1. The summed E-state index contributed by atoms with van der Waals surface area (Å²) in [5.41, 5.74) is 2.49. The Morgan fingerprint density at radius 1 is 0.718 bits per heavy atom. The summed E-state index contributed by atoms with van der Waals surface area (Å²) in [4.78, 5) is 12.9. The molecule has 0 heterocycles. The van der Waals surface area contributed by atoms with Gasteiger partial charge in [-0.1, -0.05) is 30.3 Å². The van der Waals surface area contributed by atoms with Gasteiger partial charge in [0.2, 0.25) is 0 Å². The molecule has 0 aliphatic carbocycles. The number of benzene rings is 4. The van der Waals surface area contributed by atoms with Crippen LogP contribution in [0.2, 0.25) is 0 Å². The topological polar surface area (TPSA) is 131 Å². The molecule has 0 aromatic heterocycles. The second-order valence-electron chi connectivity index (χ2n) is 8.74. The van der Waals surface area contributed by atoms with Crippen LogP contribution in [0.3, 0.4) is 0 Å². The molecule has 9 nitrogen and oxygen atoms in total. The Balaban J connectivity index is 1.50. The van der Waals surface area contributed by atoms with Gasteiger partial charge in [-0.25, -0.2) is 16.8 Å². The van der Waals surface area contributed by atoms with Crippen LogP contribution in [0, 0.1) is 13.8 Å². The molecular weight excluding hydrogens is 538 g/mol. The molecule has 1 amide bonds. The monoisotopic (exact) mass is 565 g/mol. The lowest BCUT2D eigenvalue weighted by molar-refractivity contribution is 0.102. The fraction of sp³-hybridized carbons (Fsp3) is 0.107. The fourth-order valence-corrected chi connectivity index (χ4v) is 6.16. The minimum Gasteiger partial charge on any atom is -0.495 e. The van der Waals surface area contributed by atoms with Gasteiger partial charge in [-0.05, 0) is 85.6 Å². The normalized spacial score (nSPS) is 11.5. The maximum absolute atomic E-state index is 13.0. The first-order valence-corrected chi connectivity index (χ1v) is 14.7. The number of methoxy groups -OCH3 is 1. The highest BCUT2D eigenvalue weighted by Crippen LogP contribution is 2.28. The van der Waals surface area contributed by atoms with Crippen molar-refractivity contribution >= 4 is 43.0 Å². The molecule has 202 valence electrons. The van der Waals surface area contributed by atoms with Gasteiger partial charge in [0, 0.05) is 16.9 Å². The van der Waals surface area contributed by atoms with Gasteiger partial charge >= 0.3 is 0 Å². The minimum atomic E-state index is -3.94. The Morgan fingerprint density at radius 3 is 2.08 bits per heavy atom. The molecule has 0 bridgehead atoms. The highest BCUT2D eigenvalue weighted by Gasteiger charge is 2.20. The number of hydrogen-bond donors (Lipinski definition) is 3. The number of rotatable bonds is 9. The third kappa shape index (κ3) is 6.57. The van der Waals surface area contributed by atoms with Gasteiger partial charge in [0.05, 0.1) is 22.6 Å². The molecule has 4 aromatic carbocycles. The van der Waals surface area contributed by atoms with Crippen molar-refractivity contribution < 1.29 is 26.4 Å². The quantitative estimate of drug-likeness (QED) is 0.257. The number of para-hydroxylation sites is 1. The maximum atomic E-state index is 13.0. The summed E-state index contributed by atoms with van der Waals surface area (Å²) in [6.07, 6.45) is 0. The predicted octanol–water partition coefficient (Wildman–Crippen LogP) is 5.17. The number of amides is 1. The van der Waals surface area contributed by atoms with E-state index in [1.807, 2.05) is 6.92 Å². The van der Waals surface area contributed by atoms with Gasteiger partial charge < -0.3 is 10.1 Å². The number of nitrogens with one attached hydrogen (secondary N) is 3. The van der Waals surface area contributed by atoms with Crippen molar-refractivity contribution in [1.29, 1.82) is 0 Å². The molecule has 0 aliphatic rings. The van der Waals surface area contributed by atoms with Gasteiger partial charge in [0.1, 0.15) is 5.75 Å². The van der Waals surface area contributed by atoms with Crippen LogP contribution in [0.5, 0.6) is 5.75 Å². The summed E-state index contributed by atoms with van der Waals surface area (Å²) >= 11 is 0. The van der Waals surface area contributed by atoms with E-state index >= 15 is 0 Å². The van der Waals surface area contributed by atoms with E-state index in [9.17, 15) is 21.6 Å². The first-order chi connectivity index (χ1) is 18.5. The van der Waals surface area contributed by atoms with Crippen LogP contribution in [0.1, 0.15) is 21.5 Å². The molecule has 4 rings (SSSR count). The summed E-state index contributed by atoms with van der Waals surface area (Å²) in [7, 11) is -6.42. The van der Waals surface area contributed by atoms with Gasteiger partial charge in [-0.2, -0.15) is 0 Å². The van der Waals surface area contributed by atoms with Crippen molar-refractivity contribution in [1.82, 2.24) is 0 Å². The number of anilines is 3. The molecule has 0 saturated carbocycles. The molecule has 0 spiro atoms. The maximum Gasteiger partial charge on any atom is 0.262 e.